The van der Waals surface area contributed by atoms with Crippen LogP contribution in [-0.4, -0.2) is 69.7 Å². The van der Waals surface area contributed by atoms with Crippen molar-refractivity contribution in [1.29, 1.82) is 0 Å². The predicted octanol–water partition coefficient (Wildman–Crippen LogP) is 3.85. The molecule has 0 aromatic carbocycles. The molecule has 0 aliphatic carbocycles. The zero-order valence-corrected chi connectivity index (χ0v) is 20.7. The number of aryl methyl sites for hydroxylation is 1. The van der Waals surface area contributed by atoms with E-state index in [0.717, 1.165) is 61.5 Å². The molecule has 1 fully saturated rings. The Morgan fingerprint density at radius 3 is 2.77 bits per heavy atom. The minimum Gasteiger partial charge on any atom is -0.381 e. The number of carbonyl (C=O) groups is 2. The summed E-state index contributed by atoms with van der Waals surface area (Å²) in [7, 11) is 2.08. The molecule has 2 aliphatic heterocycles. The quantitative estimate of drug-likeness (QED) is 0.548. The third-order valence-electron chi connectivity index (χ3n) is 6.53. The van der Waals surface area contributed by atoms with E-state index in [1.807, 2.05) is 10.7 Å². The van der Waals surface area contributed by atoms with Gasteiger partial charge in [-0.05, 0) is 64.4 Å². The molecule has 1 N–H and O–H groups in total. The second kappa shape index (κ2) is 10.8. The summed E-state index contributed by atoms with van der Waals surface area (Å²) in [5.41, 5.74) is 3.06. The lowest BCUT2D eigenvalue weighted by atomic mass is 10.1. The summed E-state index contributed by atoms with van der Waals surface area (Å²) in [5.74, 6) is -0.401. The topological polar surface area (TPSA) is 102 Å². The van der Waals surface area contributed by atoms with E-state index in [9.17, 15) is 9.59 Å². The van der Waals surface area contributed by atoms with Crippen LogP contribution in [0.2, 0.25) is 0 Å². The Morgan fingerprint density at radius 1 is 1.14 bits per heavy atom. The van der Waals surface area contributed by atoms with Gasteiger partial charge in [-0.3, -0.25) is 19.3 Å². The van der Waals surface area contributed by atoms with Gasteiger partial charge in [-0.25, -0.2) is 4.98 Å². The van der Waals surface area contributed by atoms with Gasteiger partial charge in [0.2, 0.25) is 0 Å². The second-order valence-corrected chi connectivity index (χ2v) is 10.0. The van der Waals surface area contributed by atoms with Crippen molar-refractivity contribution in [3.63, 3.8) is 0 Å². The van der Waals surface area contributed by atoms with Crippen LogP contribution in [0.15, 0.2) is 29.9 Å². The van der Waals surface area contributed by atoms with E-state index in [0.29, 0.717) is 36.7 Å². The van der Waals surface area contributed by atoms with Crippen LogP contribution in [0, 0.1) is 0 Å². The van der Waals surface area contributed by atoms with Gasteiger partial charge in [-0.1, -0.05) is 0 Å². The van der Waals surface area contributed by atoms with Crippen LogP contribution in [0.1, 0.15) is 64.8 Å². The smallest absolute Gasteiger partial charge is 0.275 e. The van der Waals surface area contributed by atoms with Gasteiger partial charge < -0.3 is 15.0 Å². The Kier molecular flexibility index (Phi) is 7.31. The highest BCUT2D eigenvalue weighted by Gasteiger charge is 2.24. The first kappa shape index (κ1) is 23.8. The van der Waals surface area contributed by atoms with Gasteiger partial charge in [-0.15, -0.1) is 11.3 Å². The number of nitrogens with one attached hydrogen (secondary N) is 1. The minimum atomic E-state index is -0.344. The fourth-order valence-corrected chi connectivity index (χ4v) is 5.34. The highest BCUT2D eigenvalue weighted by Crippen LogP contribution is 2.27. The number of thiazole rings is 1. The number of rotatable bonds is 1. The maximum absolute atomic E-state index is 13.2. The molecule has 35 heavy (non-hydrogen) atoms. The van der Waals surface area contributed by atoms with Gasteiger partial charge in [0.25, 0.3) is 5.91 Å². The zero-order chi connectivity index (χ0) is 24.2. The molecule has 3 aromatic heterocycles. The zero-order valence-electron chi connectivity index (χ0n) is 19.9. The van der Waals surface area contributed by atoms with E-state index in [2.05, 4.69) is 38.4 Å². The van der Waals surface area contributed by atoms with Gasteiger partial charge in [0.15, 0.2) is 11.5 Å². The molecule has 0 radical (unpaired) electrons. The van der Waals surface area contributed by atoms with Crippen molar-refractivity contribution >= 4 is 28.7 Å². The third-order valence-corrected chi connectivity index (χ3v) is 7.42. The summed E-state index contributed by atoms with van der Waals surface area (Å²) >= 11 is 1.42. The van der Waals surface area contributed by atoms with Crippen LogP contribution in [0.5, 0.6) is 0 Å². The highest BCUT2D eigenvalue weighted by molar-refractivity contribution is 7.13. The van der Waals surface area contributed by atoms with Crippen LogP contribution in [0.3, 0.4) is 0 Å². The lowest BCUT2D eigenvalue weighted by molar-refractivity contribution is 0.0660. The molecule has 0 spiro atoms. The molecule has 0 saturated carbocycles. The number of fused-ring (bicyclic) bond motifs is 6. The molecule has 2 aliphatic rings. The van der Waals surface area contributed by atoms with Crippen molar-refractivity contribution in [3.8, 4) is 10.6 Å². The number of pyridine rings is 1. The van der Waals surface area contributed by atoms with Crippen LogP contribution in [0.25, 0.3) is 10.6 Å². The lowest BCUT2D eigenvalue weighted by Gasteiger charge is -2.22. The fourth-order valence-electron chi connectivity index (χ4n) is 4.54. The number of ether oxygens (including phenoxy) is 1. The van der Waals surface area contributed by atoms with Gasteiger partial charge in [0.1, 0.15) is 10.7 Å². The maximum atomic E-state index is 13.2. The van der Waals surface area contributed by atoms with Crippen molar-refractivity contribution in [2.45, 2.75) is 44.6 Å². The molecule has 9 nitrogen and oxygen atoms in total. The molecular weight excluding hydrogens is 464 g/mol. The van der Waals surface area contributed by atoms with E-state index in [1.54, 1.807) is 17.8 Å². The summed E-state index contributed by atoms with van der Waals surface area (Å²) in [5, 5.41) is 10.1. The largest absolute Gasteiger partial charge is 0.381 e. The molecule has 0 atom stereocenters. The molecule has 5 heterocycles. The molecule has 10 heteroatoms. The van der Waals surface area contributed by atoms with Crippen molar-refractivity contribution < 1.29 is 14.3 Å². The summed E-state index contributed by atoms with van der Waals surface area (Å²) in [6, 6.07) is 4.13. The lowest BCUT2D eigenvalue weighted by Crippen LogP contribution is -2.22. The molecule has 3 aromatic rings. The number of hydrogen-bond acceptors (Lipinski definition) is 8. The Morgan fingerprint density at radius 2 is 1.94 bits per heavy atom. The SMILES string of the molecule is CN1CCCC(=O)c2nn(C3CCOCC3)cc2NC(=O)c2csc(n2)-c2ccnc(c2)CCC1. The monoisotopic (exact) mass is 494 g/mol. The van der Waals surface area contributed by atoms with Crippen LogP contribution >= 0.6 is 11.3 Å². The second-order valence-electron chi connectivity index (χ2n) is 9.18. The minimum absolute atomic E-state index is 0.0567. The molecule has 1 saturated heterocycles. The van der Waals surface area contributed by atoms with Gasteiger partial charge >= 0.3 is 0 Å². The molecule has 184 valence electrons. The van der Waals surface area contributed by atoms with Crippen LogP contribution in [-0.2, 0) is 11.2 Å². The fraction of sp³-hybridized carbons (Fsp3) is 0.480. The van der Waals surface area contributed by atoms with E-state index < -0.39 is 0 Å². The van der Waals surface area contributed by atoms with E-state index >= 15 is 0 Å². The van der Waals surface area contributed by atoms with Crippen molar-refractivity contribution in [1.82, 2.24) is 24.6 Å². The van der Waals surface area contributed by atoms with Crippen molar-refractivity contribution in [2.75, 3.05) is 38.7 Å². The number of hydrogen-bond donors (Lipinski definition) is 1. The molecule has 1 amide bonds. The van der Waals surface area contributed by atoms with Crippen molar-refractivity contribution in [3.05, 3.63) is 47.0 Å². The summed E-state index contributed by atoms with van der Waals surface area (Å²) < 4.78 is 7.30. The number of nitrogens with zero attached hydrogens (tertiary/aromatic N) is 5. The Balaban J connectivity index is 1.46. The van der Waals surface area contributed by atoms with Gasteiger partial charge in [-0.2, -0.15) is 5.10 Å². The normalized spacial score (nSPS) is 19.0. The number of aromatic nitrogens is 4. The van der Waals surface area contributed by atoms with Gasteiger partial charge in [0, 0.05) is 48.7 Å². The molecule has 5 rings (SSSR count). The summed E-state index contributed by atoms with van der Waals surface area (Å²) in [4.78, 5) is 37.6. The molecular formula is C25H30N6O3S. The first-order chi connectivity index (χ1) is 17.1. The first-order valence-corrected chi connectivity index (χ1v) is 13.1. The number of ketones is 1. The standard InChI is InChI=1S/C25H30N6O3S/c1-30-10-2-4-18-14-17(6-9-26-18)25-28-21(16-35-25)24(33)27-20-15-31(19-7-12-34-13-8-19)29-23(20)22(32)5-3-11-30/h6,9,14-16,19H,2-5,7-8,10-13H2,1H3,(H,27,33). The van der Waals surface area contributed by atoms with Crippen LogP contribution in [0.4, 0.5) is 5.69 Å². The Bertz CT molecular complexity index is 1200. The predicted molar refractivity (Wildman–Crippen MR) is 134 cm³/mol. The van der Waals surface area contributed by atoms with E-state index in [-0.39, 0.29) is 17.7 Å². The van der Waals surface area contributed by atoms with Crippen LogP contribution < -0.4 is 5.32 Å². The highest BCUT2D eigenvalue weighted by atomic mass is 32.1. The molecule has 0 unspecified atom stereocenters. The van der Waals surface area contributed by atoms with Gasteiger partial charge in [0.05, 0.1) is 11.7 Å². The number of Topliss-reactive ketones (excluding diaryl/α,β-unsaturated/α-hetero) is 1. The number of carbonyl (C=O) groups excluding carboxylic acids is 2. The number of amides is 1. The van der Waals surface area contributed by atoms with Crippen molar-refractivity contribution in [2.24, 2.45) is 0 Å². The van der Waals surface area contributed by atoms with E-state index in [1.165, 1.54) is 11.3 Å². The first-order valence-electron chi connectivity index (χ1n) is 12.2. The maximum Gasteiger partial charge on any atom is 0.275 e. The Hall–Kier alpha value is -2.95. The summed E-state index contributed by atoms with van der Waals surface area (Å²) in [6.07, 6.45) is 8.20. The average molecular weight is 495 g/mol. The third kappa shape index (κ3) is 5.66. The number of anilines is 1. The molecule has 4 bridgehead atoms. The summed E-state index contributed by atoms with van der Waals surface area (Å²) in [6.45, 7) is 3.09. The average Bonchev–Trinajstić information content (AvgIpc) is 3.52. The van der Waals surface area contributed by atoms with E-state index in [4.69, 9.17) is 4.74 Å². The Labute approximate surface area is 208 Å².